The Bertz CT molecular complexity index is 305. The van der Waals surface area contributed by atoms with Crippen LogP contribution >= 0.6 is 11.8 Å². The molecule has 102 valence electrons. The van der Waals surface area contributed by atoms with Crippen LogP contribution < -0.4 is 0 Å². The fourth-order valence-electron chi connectivity index (χ4n) is 1.39. The fourth-order valence-corrected chi connectivity index (χ4v) is 2.42. The van der Waals surface area contributed by atoms with E-state index < -0.39 is 11.2 Å². The number of hydrogen-bond donors (Lipinski definition) is 1. The maximum atomic E-state index is 11.9. The van der Waals surface area contributed by atoms with Crippen LogP contribution in [0.15, 0.2) is 25.3 Å². The molecule has 0 aromatic rings. The highest BCUT2D eigenvalue weighted by Crippen LogP contribution is 2.20. The lowest BCUT2D eigenvalue weighted by Crippen LogP contribution is -2.34. The molecule has 0 aliphatic carbocycles. The molecule has 0 aromatic carbocycles. The molecule has 1 unspecified atom stereocenters. The van der Waals surface area contributed by atoms with Gasteiger partial charge in [-0.15, -0.1) is 24.9 Å². The number of carbonyl (C=O) groups excluding carboxylic acids is 1. The second kappa shape index (κ2) is 8.80. The summed E-state index contributed by atoms with van der Waals surface area (Å²) in [6, 6.07) is 0. The zero-order chi connectivity index (χ0) is 14.1. The minimum absolute atomic E-state index is 0.00689. The van der Waals surface area contributed by atoms with Gasteiger partial charge in [0.25, 0.3) is 0 Å². The smallest absolute Gasteiger partial charge is 0.316 e. The highest BCUT2D eigenvalue weighted by atomic mass is 32.2. The van der Waals surface area contributed by atoms with E-state index in [4.69, 9.17) is 5.11 Å². The molecular formula is C13H21NO3S. The summed E-state index contributed by atoms with van der Waals surface area (Å²) in [4.78, 5) is 24.5. The van der Waals surface area contributed by atoms with Crippen molar-refractivity contribution < 1.29 is 14.7 Å². The van der Waals surface area contributed by atoms with Crippen LogP contribution in [0.2, 0.25) is 0 Å². The molecule has 5 heteroatoms. The number of hydrogen-bond acceptors (Lipinski definition) is 3. The van der Waals surface area contributed by atoms with E-state index >= 15 is 0 Å². The number of carboxylic acids is 1. The van der Waals surface area contributed by atoms with Crippen LogP contribution in [0, 0.1) is 5.92 Å². The Labute approximate surface area is 113 Å². The number of nitrogens with zero attached hydrogens (tertiary/aromatic N) is 1. The molecule has 0 aromatic heterocycles. The molecule has 0 bridgehead atoms. The Morgan fingerprint density at radius 2 is 1.78 bits per heavy atom. The van der Waals surface area contributed by atoms with Crippen LogP contribution in [0.1, 0.15) is 13.8 Å². The molecule has 0 aliphatic rings. The van der Waals surface area contributed by atoms with Crippen LogP contribution in [0.3, 0.4) is 0 Å². The maximum Gasteiger partial charge on any atom is 0.316 e. The summed E-state index contributed by atoms with van der Waals surface area (Å²) in [6.45, 7) is 11.7. The average molecular weight is 271 g/mol. The molecular weight excluding hydrogens is 250 g/mol. The van der Waals surface area contributed by atoms with Gasteiger partial charge in [0.05, 0.1) is 5.75 Å². The molecule has 0 fully saturated rings. The van der Waals surface area contributed by atoms with Crippen molar-refractivity contribution in [2.24, 2.45) is 5.92 Å². The zero-order valence-electron chi connectivity index (χ0n) is 11.0. The van der Waals surface area contributed by atoms with Crippen molar-refractivity contribution in [1.29, 1.82) is 0 Å². The summed E-state index contributed by atoms with van der Waals surface area (Å²) in [7, 11) is 0. The van der Waals surface area contributed by atoms with Gasteiger partial charge in [0, 0.05) is 13.1 Å². The zero-order valence-corrected chi connectivity index (χ0v) is 11.8. The van der Waals surface area contributed by atoms with E-state index in [0.717, 1.165) is 0 Å². The SMILES string of the molecule is C=CCN(CC=C)C(=O)CSC(C(=O)O)C(C)C. The van der Waals surface area contributed by atoms with Gasteiger partial charge in [-0.2, -0.15) is 0 Å². The first-order valence-corrected chi connectivity index (χ1v) is 6.82. The van der Waals surface area contributed by atoms with Crippen LogP contribution in [0.5, 0.6) is 0 Å². The molecule has 0 saturated heterocycles. The van der Waals surface area contributed by atoms with Gasteiger partial charge in [0.2, 0.25) is 5.91 Å². The molecule has 1 atom stereocenters. The Kier molecular flexibility index (Phi) is 8.20. The van der Waals surface area contributed by atoms with E-state index in [-0.39, 0.29) is 17.6 Å². The third-order valence-electron chi connectivity index (χ3n) is 2.29. The second-order valence-corrected chi connectivity index (χ2v) is 5.32. The quantitative estimate of drug-likeness (QED) is 0.652. The molecule has 4 nitrogen and oxygen atoms in total. The summed E-state index contributed by atoms with van der Waals surface area (Å²) < 4.78 is 0. The van der Waals surface area contributed by atoms with Gasteiger partial charge in [-0.05, 0) is 5.92 Å². The average Bonchev–Trinajstić information content (AvgIpc) is 2.27. The third kappa shape index (κ3) is 5.91. The van der Waals surface area contributed by atoms with Gasteiger partial charge in [-0.25, -0.2) is 0 Å². The van der Waals surface area contributed by atoms with Crippen molar-refractivity contribution >= 4 is 23.6 Å². The van der Waals surface area contributed by atoms with E-state index in [2.05, 4.69) is 13.2 Å². The molecule has 0 spiro atoms. The highest BCUT2D eigenvalue weighted by Gasteiger charge is 2.23. The Balaban J connectivity index is 4.39. The summed E-state index contributed by atoms with van der Waals surface area (Å²) in [5, 5.41) is 8.47. The van der Waals surface area contributed by atoms with Crippen molar-refractivity contribution in [2.75, 3.05) is 18.8 Å². The van der Waals surface area contributed by atoms with Crippen LogP contribution in [0.4, 0.5) is 0 Å². The number of carboxylic acid groups (broad SMARTS) is 1. The minimum Gasteiger partial charge on any atom is -0.480 e. The summed E-state index contributed by atoms with van der Waals surface area (Å²) >= 11 is 1.17. The van der Waals surface area contributed by atoms with Gasteiger partial charge in [-0.1, -0.05) is 26.0 Å². The fraction of sp³-hybridized carbons (Fsp3) is 0.538. The van der Waals surface area contributed by atoms with E-state index in [1.807, 2.05) is 13.8 Å². The van der Waals surface area contributed by atoms with E-state index in [9.17, 15) is 9.59 Å². The molecule has 0 aliphatic heterocycles. The third-order valence-corrected chi connectivity index (χ3v) is 3.81. The molecule has 0 radical (unpaired) electrons. The summed E-state index contributed by atoms with van der Waals surface area (Å²) in [5.74, 6) is -0.808. The van der Waals surface area contributed by atoms with E-state index in [0.29, 0.717) is 13.1 Å². The predicted molar refractivity (Wildman–Crippen MR) is 75.7 cm³/mol. The second-order valence-electron chi connectivity index (χ2n) is 4.19. The molecule has 0 heterocycles. The van der Waals surface area contributed by atoms with Gasteiger partial charge < -0.3 is 10.0 Å². The lowest BCUT2D eigenvalue weighted by Gasteiger charge is -2.21. The molecule has 1 amide bonds. The predicted octanol–water partition coefficient (Wildman–Crippen LogP) is 2.03. The normalized spacial score (nSPS) is 11.9. The topological polar surface area (TPSA) is 57.6 Å². The highest BCUT2D eigenvalue weighted by molar-refractivity contribution is 8.01. The van der Waals surface area contributed by atoms with Gasteiger partial charge in [0.15, 0.2) is 0 Å². The monoisotopic (exact) mass is 271 g/mol. The number of aliphatic carboxylic acids is 1. The first-order valence-electron chi connectivity index (χ1n) is 5.78. The van der Waals surface area contributed by atoms with E-state index in [1.165, 1.54) is 11.8 Å². The summed E-state index contributed by atoms with van der Waals surface area (Å²) in [6.07, 6.45) is 3.28. The lowest BCUT2D eigenvalue weighted by atomic mass is 10.1. The van der Waals surface area contributed by atoms with Crippen molar-refractivity contribution in [3.05, 3.63) is 25.3 Å². The van der Waals surface area contributed by atoms with Gasteiger partial charge >= 0.3 is 5.97 Å². The Morgan fingerprint density at radius 1 is 1.28 bits per heavy atom. The first kappa shape index (κ1) is 16.8. The van der Waals surface area contributed by atoms with Crippen LogP contribution in [-0.4, -0.2) is 46.0 Å². The van der Waals surface area contributed by atoms with Crippen molar-refractivity contribution in [3.63, 3.8) is 0 Å². The number of amides is 1. The van der Waals surface area contributed by atoms with E-state index in [1.54, 1.807) is 17.1 Å². The van der Waals surface area contributed by atoms with Crippen molar-refractivity contribution in [2.45, 2.75) is 19.1 Å². The minimum atomic E-state index is -0.873. The van der Waals surface area contributed by atoms with Crippen molar-refractivity contribution in [1.82, 2.24) is 4.90 Å². The molecule has 18 heavy (non-hydrogen) atoms. The maximum absolute atomic E-state index is 11.9. The molecule has 1 N–H and O–H groups in total. The van der Waals surface area contributed by atoms with Gasteiger partial charge in [0.1, 0.15) is 5.25 Å². The number of rotatable bonds is 9. The number of thioether (sulfide) groups is 1. The molecule has 0 rings (SSSR count). The molecule has 0 saturated carbocycles. The largest absolute Gasteiger partial charge is 0.480 e. The summed E-state index contributed by atoms with van der Waals surface area (Å²) in [5.41, 5.74) is 0. The van der Waals surface area contributed by atoms with Crippen LogP contribution in [0.25, 0.3) is 0 Å². The van der Waals surface area contributed by atoms with Gasteiger partial charge in [-0.3, -0.25) is 9.59 Å². The first-order chi connectivity index (χ1) is 8.43. The lowest BCUT2D eigenvalue weighted by molar-refractivity contribution is -0.137. The number of carbonyl (C=O) groups is 2. The standard InChI is InChI=1S/C13H21NO3S/c1-5-7-14(8-6-2)11(15)9-18-12(10(3)4)13(16)17/h5-6,10,12H,1-2,7-9H2,3-4H3,(H,16,17). The Morgan fingerprint density at radius 3 is 2.11 bits per heavy atom. The van der Waals surface area contributed by atoms with Crippen molar-refractivity contribution in [3.8, 4) is 0 Å². The van der Waals surface area contributed by atoms with Crippen LogP contribution in [-0.2, 0) is 9.59 Å². The Hall–Kier alpha value is -1.23.